The van der Waals surface area contributed by atoms with Crippen LogP contribution in [0, 0.1) is 0 Å². The van der Waals surface area contributed by atoms with Crippen LogP contribution in [-0.4, -0.2) is 15.0 Å². The van der Waals surface area contributed by atoms with Crippen molar-refractivity contribution in [2.75, 3.05) is 0 Å². The molecule has 3 nitrogen and oxygen atoms in total. The van der Waals surface area contributed by atoms with Crippen molar-refractivity contribution in [2.24, 2.45) is 0 Å². The van der Waals surface area contributed by atoms with E-state index in [2.05, 4.69) is 73.3 Å². The van der Waals surface area contributed by atoms with Crippen LogP contribution in [0.15, 0.2) is 71.5 Å². The first-order chi connectivity index (χ1) is 11.3. The minimum absolute atomic E-state index is 0.798. The number of H-pyrrole nitrogens is 1. The van der Waals surface area contributed by atoms with E-state index in [0.717, 1.165) is 33.3 Å². The topological polar surface area (TPSA) is 41.6 Å². The lowest BCUT2D eigenvalue weighted by Crippen LogP contribution is -1.89. The molecule has 2 heterocycles. The van der Waals surface area contributed by atoms with Crippen LogP contribution in [-0.2, 0) is 6.42 Å². The molecule has 0 bridgehead atoms. The summed E-state index contributed by atoms with van der Waals surface area (Å²) in [5.41, 5.74) is 5.62. The molecule has 4 heteroatoms. The number of nitrogens with one attached hydrogen (secondary N) is 1. The van der Waals surface area contributed by atoms with Crippen molar-refractivity contribution >= 4 is 27.0 Å². The zero-order valence-corrected chi connectivity index (χ0v) is 13.9. The number of halogens is 1. The van der Waals surface area contributed by atoms with E-state index in [1.54, 1.807) is 0 Å². The molecule has 0 amide bonds. The zero-order chi connectivity index (χ0) is 15.6. The van der Waals surface area contributed by atoms with E-state index in [9.17, 15) is 0 Å². The van der Waals surface area contributed by atoms with Crippen molar-refractivity contribution in [1.29, 1.82) is 0 Å². The number of aromatic amines is 1. The fourth-order valence-corrected chi connectivity index (χ4v) is 2.93. The summed E-state index contributed by atoms with van der Waals surface area (Å²) in [6.07, 6.45) is 4.42. The molecule has 1 N–H and O–H groups in total. The van der Waals surface area contributed by atoms with Gasteiger partial charge in [0, 0.05) is 23.3 Å². The highest BCUT2D eigenvalue weighted by molar-refractivity contribution is 9.10. The molecule has 0 radical (unpaired) electrons. The normalized spacial score (nSPS) is 11.0. The Bertz CT molecular complexity index is 943. The fraction of sp³-hybridized carbons (Fsp3) is 0.0526. The number of fused-ring (bicyclic) bond motifs is 1. The third kappa shape index (κ3) is 3.03. The van der Waals surface area contributed by atoms with Crippen LogP contribution in [0.5, 0.6) is 0 Å². The molecule has 23 heavy (non-hydrogen) atoms. The van der Waals surface area contributed by atoms with Crippen LogP contribution in [0.25, 0.3) is 22.2 Å². The maximum Gasteiger partial charge on any atom is 0.111 e. The van der Waals surface area contributed by atoms with Gasteiger partial charge in [-0.1, -0.05) is 34.1 Å². The summed E-state index contributed by atoms with van der Waals surface area (Å²) >= 11 is 3.46. The number of aromatic nitrogens is 3. The summed E-state index contributed by atoms with van der Waals surface area (Å²) in [4.78, 5) is 12.2. The molecule has 0 aliphatic carbocycles. The van der Waals surface area contributed by atoms with Gasteiger partial charge >= 0.3 is 0 Å². The maximum atomic E-state index is 4.69. The molecule has 0 aliphatic heterocycles. The van der Waals surface area contributed by atoms with E-state index >= 15 is 0 Å². The van der Waals surface area contributed by atoms with E-state index in [4.69, 9.17) is 0 Å². The number of hydrogen-bond acceptors (Lipinski definition) is 2. The number of hydrogen-bond donors (Lipinski definition) is 1. The van der Waals surface area contributed by atoms with Crippen LogP contribution >= 0.6 is 15.9 Å². The Morgan fingerprint density at radius 1 is 0.870 bits per heavy atom. The monoisotopic (exact) mass is 363 g/mol. The zero-order valence-electron chi connectivity index (χ0n) is 12.3. The molecule has 0 fully saturated rings. The molecule has 0 spiro atoms. The highest BCUT2D eigenvalue weighted by Crippen LogP contribution is 2.23. The smallest absolute Gasteiger partial charge is 0.111 e. The van der Waals surface area contributed by atoms with Gasteiger partial charge in [-0.05, 0) is 53.1 Å². The van der Waals surface area contributed by atoms with E-state index in [-0.39, 0.29) is 0 Å². The molecule has 112 valence electrons. The molecule has 0 atom stereocenters. The quantitative estimate of drug-likeness (QED) is 0.557. The Morgan fingerprint density at radius 3 is 2.43 bits per heavy atom. The second kappa shape index (κ2) is 5.97. The van der Waals surface area contributed by atoms with Gasteiger partial charge in [0.15, 0.2) is 0 Å². The molecule has 2 aromatic carbocycles. The van der Waals surface area contributed by atoms with Crippen LogP contribution in [0.3, 0.4) is 0 Å². The van der Waals surface area contributed by atoms with Crippen molar-refractivity contribution in [3.05, 3.63) is 82.9 Å². The lowest BCUT2D eigenvalue weighted by Gasteiger charge is -2.00. The molecule has 0 aliphatic rings. The average molecular weight is 364 g/mol. The van der Waals surface area contributed by atoms with Crippen LogP contribution in [0.1, 0.15) is 11.4 Å². The van der Waals surface area contributed by atoms with Crippen LogP contribution in [0.4, 0.5) is 0 Å². The predicted molar refractivity (Wildman–Crippen MR) is 96.3 cm³/mol. The van der Waals surface area contributed by atoms with Crippen molar-refractivity contribution < 1.29 is 0 Å². The molecule has 4 rings (SSSR count). The number of nitrogens with zero attached hydrogens (tertiary/aromatic N) is 2. The van der Waals surface area contributed by atoms with E-state index in [1.807, 2.05) is 24.5 Å². The fourth-order valence-electron chi connectivity index (χ4n) is 2.67. The van der Waals surface area contributed by atoms with Gasteiger partial charge in [0.05, 0.1) is 11.0 Å². The average Bonchev–Trinajstić information content (AvgIpc) is 2.99. The van der Waals surface area contributed by atoms with Gasteiger partial charge < -0.3 is 4.98 Å². The maximum absolute atomic E-state index is 4.69. The number of rotatable bonds is 3. The molecule has 0 unspecified atom stereocenters. The van der Waals surface area contributed by atoms with Crippen molar-refractivity contribution in [3.8, 4) is 11.1 Å². The lowest BCUT2D eigenvalue weighted by atomic mass is 10.1. The summed E-state index contributed by atoms with van der Waals surface area (Å²) in [7, 11) is 0. The van der Waals surface area contributed by atoms with Crippen LogP contribution in [0.2, 0.25) is 0 Å². The van der Waals surface area contributed by atoms with Gasteiger partial charge in [-0.3, -0.25) is 4.98 Å². The predicted octanol–water partition coefficient (Wildman–Crippen LogP) is 4.98. The Labute approximate surface area is 142 Å². The summed E-state index contributed by atoms with van der Waals surface area (Å²) in [5.74, 6) is 0.981. The number of imidazole rings is 1. The van der Waals surface area contributed by atoms with Gasteiger partial charge in [-0.15, -0.1) is 0 Å². The summed E-state index contributed by atoms with van der Waals surface area (Å²) in [5, 5.41) is 0. The first kappa shape index (κ1) is 14.2. The largest absolute Gasteiger partial charge is 0.342 e. The van der Waals surface area contributed by atoms with Gasteiger partial charge in [-0.2, -0.15) is 0 Å². The molecule has 4 aromatic rings. The minimum Gasteiger partial charge on any atom is -0.342 e. The van der Waals surface area contributed by atoms with Crippen LogP contribution < -0.4 is 0 Å². The highest BCUT2D eigenvalue weighted by atomic mass is 79.9. The molecule has 0 saturated heterocycles. The third-order valence-electron chi connectivity index (χ3n) is 3.83. The summed E-state index contributed by atoms with van der Waals surface area (Å²) in [6.45, 7) is 0. The molecular weight excluding hydrogens is 350 g/mol. The molecule has 0 saturated carbocycles. The Balaban J connectivity index is 1.66. The Kier molecular flexibility index (Phi) is 3.67. The van der Waals surface area contributed by atoms with E-state index < -0.39 is 0 Å². The highest BCUT2D eigenvalue weighted by Gasteiger charge is 2.06. The van der Waals surface area contributed by atoms with Gasteiger partial charge in [0.2, 0.25) is 0 Å². The minimum atomic E-state index is 0.798. The first-order valence-electron chi connectivity index (χ1n) is 7.41. The third-order valence-corrected chi connectivity index (χ3v) is 4.36. The van der Waals surface area contributed by atoms with Crippen molar-refractivity contribution in [1.82, 2.24) is 15.0 Å². The SMILES string of the molecule is Brc1ccc(Cc2nc3ccc(-c4ccncc4)cc3[nH]2)cc1. The Hall–Kier alpha value is -2.46. The second-order valence-electron chi connectivity index (χ2n) is 5.45. The molecular formula is C19H14BrN3. The number of pyridine rings is 1. The van der Waals surface area contributed by atoms with Gasteiger partial charge in [0.25, 0.3) is 0 Å². The first-order valence-corrected chi connectivity index (χ1v) is 8.21. The molecule has 2 aromatic heterocycles. The summed E-state index contributed by atoms with van der Waals surface area (Å²) in [6, 6.07) is 18.7. The standard InChI is InChI=1S/C19H14BrN3/c20-16-4-1-13(2-5-16)11-19-22-17-6-3-15(12-18(17)23-19)14-7-9-21-10-8-14/h1-10,12H,11H2,(H,22,23). The summed E-state index contributed by atoms with van der Waals surface area (Å²) < 4.78 is 1.09. The lowest BCUT2D eigenvalue weighted by molar-refractivity contribution is 1.04. The number of benzene rings is 2. The Morgan fingerprint density at radius 2 is 1.65 bits per heavy atom. The van der Waals surface area contributed by atoms with Gasteiger partial charge in [0.1, 0.15) is 5.82 Å². The van der Waals surface area contributed by atoms with Crippen molar-refractivity contribution in [2.45, 2.75) is 6.42 Å². The van der Waals surface area contributed by atoms with Crippen molar-refractivity contribution in [3.63, 3.8) is 0 Å². The van der Waals surface area contributed by atoms with E-state index in [1.165, 1.54) is 11.1 Å². The van der Waals surface area contributed by atoms with E-state index in [0.29, 0.717) is 0 Å². The second-order valence-corrected chi connectivity index (χ2v) is 6.37. The van der Waals surface area contributed by atoms with Gasteiger partial charge in [-0.25, -0.2) is 4.98 Å².